The van der Waals surface area contributed by atoms with Crippen molar-refractivity contribution in [3.05, 3.63) is 119 Å². The van der Waals surface area contributed by atoms with Gasteiger partial charge in [0.1, 0.15) is 0 Å². The second-order valence-electron chi connectivity index (χ2n) is 6.86. The molecule has 126 valence electrons. The maximum atomic E-state index is 2.32. The fourth-order valence-electron chi connectivity index (χ4n) is 3.33. The highest BCUT2D eigenvalue weighted by Crippen LogP contribution is 2.29. The Morgan fingerprint density at radius 2 is 1.12 bits per heavy atom. The van der Waals surface area contributed by atoms with Crippen LogP contribution >= 0.6 is 0 Å². The van der Waals surface area contributed by atoms with Crippen molar-refractivity contribution >= 4 is 22.4 Å². The van der Waals surface area contributed by atoms with E-state index in [9.17, 15) is 0 Å². The molecule has 0 amide bonds. The Morgan fingerprint density at radius 1 is 0.577 bits per heavy atom. The van der Waals surface area contributed by atoms with Crippen LogP contribution in [-0.4, -0.2) is 0 Å². The molecule has 26 heavy (non-hydrogen) atoms. The molecular weight excluding hydrogens is 312 g/mol. The largest absolute Gasteiger partial charge is 0.0616 e. The lowest BCUT2D eigenvalue weighted by atomic mass is 9.93. The molecule has 0 aliphatic carbocycles. The summed E-state index contributed by atoms with van der Waals surface area (Å²) in [6.07, 6.45) is 2.32. The molecule has 0 aromatic heterocycles. The zero-order valence-electron chi connectivity index (χ0n) is 15.2. The molecule has 0 atom stereocenters. The minimum Gasteiger partial charge on any atom is -0.0616 e. The third-order valence-electron chi connectivity index (χ3n) is 4.85. The van der Waals surface area contributed by atoms with Gasteiger partial charge in [0.15, 0.2) is 0 Å². The van der Waals surface area contributed by atoms with Gasteiger partial charge in [0.05, 0.1) is 0 Å². The van der Waals surface area contributed by atoms with Crippen LogP contribution < -0.4 is 0 Å². The first kappa shape index (κ1) is 16.4. The van der Waals surface area contributed by atoms with Crippen molar-refractivity contribution in [2.24, 2.45) is 0 Å². The van der Waals surface area contributed by atoms with Crippen LogP contribution in [0.2, 0.25) is 0 Å². The molecule has 0 aliphatic rings. The summed E-state index contributed by atoms with van der Waals surface area (Å²) in [6.45, 7) is 4.26. The highest BCUT2D eigenvalue weighted by atomic mass is 14.1. The highest BCUT2D eigenvalue weighted by Gasteiger charge is 2.07. The summed E-state index contributed by atoms with van der Waals surface area (Å²) in [5.74, 6) is 0. The van der Waals surface area contributed by atoms with Crippen LogP contribution in [0.3, 0.4) is 0 Å². The molecule has 0 bridgehead atoms. The van der Waals surface area contributed by atoms with Crippen molar-refractivity contribution in [1.82, 2.24) is 0 Å². The van der Waals surface area contributed by atoms with Gasteiger partial charge < -0.3 is 0 Å². The molecule has 0 saturated heterocycles. The van der Waals surface area contributed by atoms with Gasteiger partial charge in [0, 0.05) is 0 Å². The Hall–Kier alpha value is -3.12. The van der Waals surface area contributed by atoms with E-state index in [1.165, 1.54) is 44.2 Å². The average molecular weight is 334 g/mol. The van der Waals surface area contributed by atoms with Crippen LogP contribution in [0.1, 0.15) is 27.8 Å². The number of aryl methyl sites for hydroxylation is 2. The van der Waals surface area contributed by atoms with Gasteiger partial charge in [-0.25, -0.2) is 0 Å². The molecular formula is C26H22. The maximum Gasteiger partial charge on any atom is -0.0105 e. The monoisotopic (exact) mass is 334 g/mol. The lowest BCUT2D eigenvalue weighted by molar-refractivity contribution is 1.43. The molecule has 0 radical (unpaired) electrons. The summed E-state index contributed by atoms with van der Waals surface area (Å²) < 4.78 is 0. The molecule has 0 aliphatic heterocycles. The van der Waals surface area contributed by atoms with Crippen LogP contribution in [0.4, 0.5) is 0 Å². The Balaban J connectivity index is 1.93. The van der Waals surface area contributed by atoms with E-state index in [0.29, 0.717) is 0 Å². The second-order valence-corrected chi connectivity index (χ2v) is 6.86. The number of fused-ring (bicyclic) bond motifs is 1. The van der Waals surface area contributed by atoms with Crippen molar-refractivity contribution in [3.8, 4) is 0 Å². The molecule has 0 saturated carbocycles. The summed E-state index contributed by atoms with van der Waals surface area (Å²) in [7, 11) is 0. The Labute approximate surface area is 155 Å². The first-order valence-corrected chi connectivity index (χ1v) is 9.04. The minimum atomic E-state index is 1.24. The number of rotatable bonds is 3. The standard InChI is InChI=1S/C26H22/c1-19-10-14-22(15-11-19)26(23-16-12-20(2)13-17-23)18-24-8-5-7-21-6-3-4-9-25(21)24/h3-18H,1-2H3. The van der Waals surface area contributed by atoms with Gasteiger partial charge in [0.25, 0.3) is 0 Å². The van der Waals surface area contributed by atoms with Crippen LogP contribution in [0.15, 0.2) is 91.0 Å². The smallest absolute Gasteiger partial charge is 0.0105 e. The molecule has 4 rings (SSSR count). The van der Waals surface area contributed by atoms with Crippen LogP contribution in [0.5, 0.6) is 0 Å². The van der Waals surface area contributed by atoms with Gasteiger partial charge in [-0.1, -0.05) is 102 Å². The molecule has 0 unspecified atom stereocenters. The van der Waals surface area contributed by atoms with E-state index in [0.717, 1.165) is 0 Å². The first-order chi connectivity index (χ1) is 12.7. The molecule has 0 N–H and O–H groups in total. The van der Waals surface area contributed by atoms with Crippen molar-refractivity contribution in [2.75, 3.05) is 0 Å². The maximum absolute atomic E-state index is 2.32. The van der Waals surface area contributed by atoms with Crippen molar-refractivity contribution in [1.29, 1.82) is 0 Å². The quantitative estimate of drug-likeness (QED) is 0.352. The zero-order valence-corrected chi connectivity index (χ0v) is 15.2. The Morgan fingerprint density at radius 3 is 1.73 bits per heavy atom. The van der Waals surface area contributed by atoms with Gasteiger partial charge >= 0.3 is 0 Å². The summed E-state index contributed by atoms with van der Waals surface area (Å²) in [6, 6.07) is 32.7. The third kappa shape index (κ3) is 3.32. The van der Waals surface area contributed by atoms with E-state index in [2.05, 4.69) is 111 Å². The van der Waals surface area contributed by atoms with Crippen LogP contribution in [-0.2, 0) is 0 Å². The predicted octanol–water partition coefficient (Wildman–Crippen LogP) is 7.05. The van der Waals surface area contributed by atoms with E-state index in [1.807, 2.05) is 0 Å². The van der Waals surface area contributed by atoms with Gasteiger partial charge in [0.2, 0.25) is 0 Å². The lowest BCUT2D eigenvalue weighted by Gasteiger charge is -2.11. The lowest BCUT2D eigenvalue weighted by Crippen LogP contribution is -1.90. The third-order valence-corrected chi connectivity index (χ3v) is 4.85. The number of benzene rings is 4. The molecule has 0 spiro atoms. The number of hydrogen-bond acceptors (Lipinski definition) is 0. The van der Waals surface area contributed by atoms with Gasteiger partial charge in [-0.05, 0) is 53.0 Å². The van der Waals surface area contributed by atoms with Crippen LogP contribution in [0.25, 0.3) is 22.4 Å². The summed E-state index contributed by atoms with van der Waals surface area (Å²) in [4.78, 5) is 0. The fourth-order valence-corrected chi connectivity index (χ4v) is 3.33. The molecule has 0 nitrogen and oxygen atoms in total. The molecule has 4 aromatic rings. The summed E-state index contributed by atoms with van der Waals surface area (Å²) >= 11 is 0. The zero-order chi connectivity index (χ0) is 17.9. The van der Waals surface area contributed by atoms with E-state index in [-0.39, 0.29) is 0 Å². The Bertz CT molecular complexity index is 1010. The van der Waals surface area contributed by atoms with E-state index in [1.54, 1.807) is 0 Å². The van der Waals surface area contributed by atoms with E-state index in [4.69, 9.17) is 0 Å². The van der Waals surface area contributed by atoms with E-state index >= 15 is 0 Å². The minimum absolute atomic E-state index is 1.24. The summed E-state index contributed by atoms with van der Waals surface area (Å²) in [5.41, 5.74) is 7.55. The fraction of sp³-hybridized carbons (Fsp3) is 0.0769. The van der Waals surface area contributed by atoms with Gasteiger partial charge in [-0.3, -0.25) is 0 Å². The molecule has 0 heterocycles. The van der Waals surface area contributed by atoms with Crippen LogP contribution in [0, 0.1) is 13.8 Å². The molecule has 4 aromatic carbocycles. The normalized spacial score (nSPS) is 10.7. The number of hydrogen-bond donors (Lipinski definition) is 0. The Kier molecular flexibility index (Phi) is 4.41. The second kappa shape index (κ2) is 7.01. The van der Waals surface area contributed by atoms with E-state index < -0.39 is 0 Å². The average Bonchev–Trinajstić information content (AvgIpc) is 2.68. The molecule has 0 heteroatoms. The molecule has 0 fully saturated rings. The van der Waals surface area contributed by atoms with Crippen molar-refractivity contribution in [3.63, 3.8) is 0 Å². The summed E-state index contributed by atoms with van der Waals surface area (Å²) in [5, 5.41) is 2.56. The SMILES string of the molecule is Cc1ccc(C(=Cc2cccc3ccccc23)c2ccc(C)cc2)cc1. The first-order valence-electron chi connectivity index (χ1n) is 9.04. The van der Waals surface area contributed by atoms with Crippen molar-refractivity contribution < 1.29 is 0 Å². The van der Waals surface area contributed by atoms with Crippen molar-refractivity contribution in [2.45, 2.75) is 13.8 Å². The van der Waals surface area contributed by atoms with Gasteiger partial charge in [-0.2, -0.15) is 0 Å². The van der Waals surface area contributed by atoms with Gasteiger partial charge in [-0.15, -0.1) is 0 Å². The topological polar surface area (TPSA) is 0 Å². The predicted molar refractivity (Wildman–Crippen MR) is 113 cm³/mol. The highest BCUT2D eigenvalue weighted by molar-refractivity contribution is 5.99.